The molecule has 15 heavy (non-hydrogen) atoms. The molecule has 78 valence electrons. The standard InChI is InChI=1S/C13H15NO/c1-4-12(5-2)14-13(15)11-8-6-7-10(3)9-11/h1,6-9,12H,5H2,2-3H3,(H,14,15). The summed E-state index contributed by atoms with van der Waals surface area (Å²) in [5.41, 5.74) is 1.72. The quantitative estimate of drug-likeness (QED) is 0.746. The third kappa shape index (κ3) is 3.14. The van der Waals surface area contributed by atoms with Gasteiger partial charge in [0.25, 0.3) is 5.91 Å². The minimum Gasteiger partial charge on any atom is -0.338 e. The number of aryl methyl sites for hydroxylation is 1. The van der Waals surface area contributed by atoms with Crippen molar-refractivity contribution in [2.45, 2.75) is 26.3 Å². The van der Waals surface area contributed by atoms with Crippen molar-refractivity contribution in [3.63, 3.8) is 0 Å². The highest BCUT2D eigenvalue weighted by atomic mass is 16.1. The first-order chi connectivity index (χ1) is 7.17. The van der Waals surface area contributed by atoms with E-state index in [0.717, 1.165) is 12.0 Å². The highest BCUT2D eigenvalue weighted by Crippen LogP contribution is 2.04. The van der Waals surface area contributed by atoms with E-state index in [9.17, 15) is 4.79 Å². The molecular formula is C13H15NO. The summed E-state index contributed by atoms with van der Waals surface area (Å²) in [6.07, 6.45) is 6.02. The van der Waals surface area contributed by atoms with E-state index in [0.29, 0.717) is 5.56 Å². The highest BCUT2D eigenvalue weighted by Gasteiger charge is 2.09. The molecule has 0 aliphatic rings. The molecule has 0 aromatic heterocycles. The minimum atomic E-state index is -0.182. The smallest absolute Gasteiger partial charge is 0.252 e. The third-order valence-electron chi connectivity index (χ3n) is 2.20. The molecule has 1 unspecified atom stereocenters. The van der Waals surface area contributed by atoms with Gasteiger partial charge in [-0.3, -0.25) is 4.79 Å². The normalized spacial score (nSPS) is 11.5. The fraction of sp³-hybridized carbons (Fsp3) is 0.308. The van der Waals surface area contributed by atoms with Gasteiger partial charge in [-0.2, -0.15) is 0 Å². The second kappa shape index (κ2) is 5.21. The number of nitrogens with one attached hydrogen (secondary N) is 1. The third-order valence-corrected chi connectivity index (χ3v) is 2.20. The fourth-order valence-corrected chi connectivity index (χ4v) is 1.29. The monoisotopic (exact) mass is 201 g/mol. The summed E-state index contributed by atoms with van der Waals surface area (Å²) in [5.74, 6) is 2.43. The van der Waals surface area contributed by atoms with Crippen LogP contribution in [0.2, 0.25) is 0 Å². The van der Waals surface area contributed by atoms with Gasteiger partial charge in [0.15, 0.2) is 0 Å². The Morgan fingerprint density at radius 3 is 2.87 bits per heavy atom. The highest BCUT2D eigenvalue weighted by molar-refractivity contribution is 5.94. The number of carbonyl (C=O) groups excluding carboxylic acids is 1. The van der Waals surface area contributed by atoms with E-state index in [4.69, 9.17) is 6.42 Å². The van der Waals surface area contributed by atoms with Crippen molar-refractivity contribution in [3.05, 3.63) is 35.4 Å². The van der Waals surface area contributed by atoms with Crippen LogP contribution >= 0.6 is 0 Å². The summed E-state index contributed by atoms with van der Waals surface area (Å²) >= 11 is 0. The Morgan fingerprint density at radius 1 is 1.60 bits per heavy atom. The minimum absolute atomic E-state index is 0.108. The number of rotatable bonds is 3. The summed E-state index contributed by atoms with van der Waals surface area (Å²) in [4.78, 5) is 11.7. The molecule has 0 saturated heterocycles. The summed E-state index contributed by atoms with van der Waals surface area (Å²) < 4.78 is 0. The average Bonchev–Trinajstić information content (AvgIpc) is 2.25. The van der Waals surface area contributed by atoms with E-state index in [-0.39, 0.29) is 11.9 Å². The molecule has 0 spiro atoms. The first-order valence-corrected chi connectivity index (χ1v) is 5.01. The molecule has 1 rings (SSSR count). The first-order valence-electron chi connectivity index (χ1n) is 5.01. The van der Waals surface area contributed by atoms with Gasteiger partial charge in [-0.05, 0) is 25.5 Å². The Hall–Kier alpha value is -1.75. The molecule has 0 bridgehead atoms. The number of amides is 1. The molecule has 0 radical (unpaired) electrons. The van der Waals surface area contributed by atoms with Crippen molar-refractivity contribution < 1.29 is 4.79 Å². The molecule has 2 nitrogen and oxygen atoms in total. The predicted molar refractivity (Wildman–Crippen MR) is 61.6 cm³/mol. The average molecular weight is 201 g/mol. The van der Waals surface area contributed by atoms with Crippen LogP contribution in [0.1, 0.15) is 29.3 Å². The molecule has 1 aromatic rings. The second-order valence-corrected chi connectivity index (χ2v) is 3.47. The van der Waals surface area contributed by atoms with Gasteiger partial charge < -0.3 is 5.32 Å². The van der Waals surface area contributed by atoms with Gasteiger partial charge in [0.2, 0.25) is 0 Å². The molecule has 1 N–H and O–H groups in total. The molecule has 1 aromatic carbocycles. The van der Waals surface area contributed by atoms with Crippen LogP contribution in [-0.2, 0) is 0 Å². The lowest BCUT2D eigenvalue weighted by Crippen LogP contribution is -2.33. The molecule has 2 heteroatoms. The fourth-order valence-electron chi connectivity index (χ4n) is 1.29. The van der Waals surface area contributed by atoms with Crippen molar-refractivity contribution in [3.8, 4) is 12.3 Å². The molecule has 1 amide bonds. The Bertz CT molecular complexity index is 390. The lowest BCUT2D eigenvalue weighted by Gasteiger charge is -2.10. The van der Waals surface area contributed by atoms with Crippen molar-refractivity contribution >= 4 is 5.91 Å². The maximum absolute atomic E-state index is 11.7. The van der Waals surface area contributed by atoms with Crippen molar-refractivity contribution in [2.75, 3.05) is 0 Å². The van der Waals surface area contributed by atoms with E-state index in [2.05, 4.69) is 11.2 Å². The van der Waals surface area contributed by atoms with Crippen LogP contribution in [-0.4, -0.2) is 11.9 Å². The van der Waals surface area contributed by atoms with Crippen molar-refractivity contribution in [1.29, 1.82) is 0 Å². The van der Waals surface area contributed by atoms with Crippen molar-refractivity contribution in [2.24, 2.45) is 0 Å². The van der Waals surface area contributed by atoms with Gasteiger partial charge in [-0.15, -0.1) is 6.42 Å². The van der Waals surface area contributed by atoms with Crippen LogP contribution in [0, 0.1) is 19.3 Å². The SMILES string of the molecule is C#CC(CC)NC(=O)c1cccc(C)c1. The van der Waals surface area contributed by atoms with Gasteiger partial charge in [-0.1, -0.05) is 30.5 Å². The molecule has 0 fully saturated rings. The first kappa shape index (κ1) is 11.3. The largest absolute Gasteiger partial charge is 0.338 e. The van der Waals surface area contributed by atoms with Crippen LogP contribution in [0.25, 0.3) is 0 Å². The molecule has 0 heterocycles. The molecule has 0 aliphatic heterocycles. The van der Waals surface area contributed by atoms with Gasteiger partial charge >= 0.3 is 0 Å². The number of carbonyl (C=O) groups is 1. The Balaban J connectivity index is 2.74. The lowest BCUT2D eigenvalue weighted by atomic mass is 10.1. The zero-order valence-corrected chi connectivity index (χ0v) is 9.08. The van der Waals surface area contributed by atoms with Crippen LogP contribution in [0.3, 0.4) is 0 Å². The van der Waals surface area contributed by atoms with Gasteiger partial charge in [-0.25, -0.2) is 0 Å². The van der Waals surface area contributed by atoms with E-state index >= 15 is 0 Å². The maximum atomic E-state index is 11.7. The van der Waals surface area contributed by atoms with E-state index < -0.39 is 0 Å². The van der Waals surface area contributed by atoms with Crippen LogP contribution in [0.4, 0.5) is 0 Å². The molecular weight excluding hydrogens is 186 g/mol. The molecule has 0 aliphatic carbocycles. The van der Waals surface area contributed by atoms with Gasteiger partial charge in [0.1, 0.15) is 0 Å². The summed E-state index contributed by atoms with van der Waals surface area (Å²) in [6.45, 7) is 3.90. The maximum Gasteiger partial charge on any atom is 0.252 e. The Morgan fingerprint density at radius 2 is 2.33 bits per heavy atom. The van der Waals surface area contributed by atoms with Crippen LogP contribution in [0.15, 0.2) is 24.3 Å². The van der Waals surface area contributed by atoms with E-state index in [1.807, 2.05) is 32.0 Å². The lowest BCUT2D eigenvalue weighted by molar-refractivity contribution is 0.0945. The molecule has 0 saturated carbocycles. The van der Waals surface area contributed by atoms with Crippen LogP contribution in [0.5, 0.6) is 0 Å². The Labute approximate surface area is 90.7 Å². The zero-order chi connectivity index (χ0) is 11.3. The summed E-state index contributed by atoms with van der Waals surface area (Å²) in [5, 5.41) is 2.78. The predicted octanol–water partition coefficient (Wildman–Crippen LogP) is 2.14. The van der Waals surface area contributed by atoms with Gasteiger partial charge in [0, 0.05) is 5.56 Å². The van der Waals surface area contributed by atoms with Crippen molar-refractivity contribution in [1.82, 2.24) is 5.32 Å². The number of hydrogen-bond donors (Lipinski definition) is 1. The van der Waals surface area contributed by atoms with E-state index in [1.54, 1.807) is 6.07 Å². The Kier molecular flexibility index (Phi) is 3.93. The van der Waals surface area contributed by atoms with E-state index in [1.165, 1.54) is 0 Å². The molecule has 1 atom stereocenters. The number of benzene rings is 1. The van der Waals surface area contributed by atoms with Gasteiger partial charge in [0.05, 0.1) is 6.04 Å². The van der Waals surface area contributed by atoms with Crippen LogP contribution < -0.4 is 5.32 Å². The topological polar surface area (TPSA) is 29.1 Å². The summed E-state index contributed by atoms with van der Waals surface area (Å²) in [6, 6.07) is 7.26. The summed E-state index contributed by atoms with van der Waals surface area (Å²) in [7, 11) is 0. The second-order valence-electron chi connectivity index (χ2n) is 3.47. The number of terminal acetylenes is 1. The zero-order valence-electron chi connectivity index (χ0n) is 9.08. The number of hydrogen-bond acceptors (Lipinski definition) is 1.